The number of nitrogens with one attached hydrogen (secondary N) is 1. The molecule has 0 fully saturated rings. The average molecular weight is 417 g/mol. The number of thiazole rings is 1. The number of amides is 1. The molecule has 3 aromatic carbocycles. The second-order valence-corrected chi connectivity index (χ2v) is 7.44. The average Bonchev–Trinajstić information content (AvgIpc) is 3.23. The molecule has 0 spiro atoms. The number of hydrazone groups is 1. The quantitative estimate of drug-likeness (QED) is 0.363. The molecule has 1 amide bonds. The van der Waals surface area contributed by atoms with Crippen molar-refractivity contribution in [1.29, 1.82) is 0 Å². The Morgan fingerprint density at radius 3 is 2.37 bits per heavy atom. The maximum Gasteiger partial charge on any atom is 0.271 e. The third-order valence-corrected chi connectivity index (χ3v) is 5.53. The van der Waals surface area contributed by atoms with Crippen LogP contribution in [-0.2, 0) is 0 Å². The van der Waals surface area contributed by atoms with E-state index in [9.17, 15) is 4.79 Å². The van der Waals surface area contributed by atoms with Crippen LogP contribution in [0.1, 0.15) is 15.9 Å². The van der Waals surface area contributed by atoms with E-state index < -0.39 is 0 Å². The molecule has 0 saturated heterocycles. The summed E-state index contributed by atoms with van der Waals surface area (Å²) in [6.45, 7) is 0. The lowest BCUT2D eigenvalue weighted by Crippen LogP contribution is -2.17. The van der Waals surface area contributed by atoms with Crippen molar-refractivity contribution in [2.24, 2.45) is 5.10 Å². The van der Waals surface area contributed by atoms with Gasteiger partial charge in [-0.1, -0.05) is 24.3 Å². The highest BCUT2D eigenvalue weighted by atomic mass is 32.1. The summed E-state index contributed by atoms with van der Waals surface area (Å²) in [7, 11) is 3.16. The van der Waals surface area contributed by atoms with Gasteiger partial charge in [0.05, 0.1) is 30.7 Å². The fourth-order valence-corrected chi connectivity index (χ4v) is 3.86. The Kier molecular flexibility index (Phi) is 5.72. The molecule has 0 atom stereocenters. The highest BCUT2D eigenvalue weighted by Gasteiger charge is 2.08. The van der Waals surface area contributed by atoms with Crippen LogP contribution in [0.2, 0.25) is 0 Å². The Balaban J connectivity index is 1.44. The number of carbonyl (C=O) groups is 1. The molecule has 0 bridgehead atoms. The molecule has 1 heterocycles. The molecule has 4 rings (SSSR count). The van der Waals surface area contributed by atoms with Gasteiger partial charge in [-0.15, -0.1) is 11.3 Å². The van der Waals surface area contributed by atoms with Gasteiger partial charge < -0.3 is 9.47 Å². The molecule has 1 aromatic heterocycles. The Bertz CT molecular complexity index is 1160. The Morgan fingerprint density at radius 1 is 1.00 bits per heavy atom. The van der Waals surface area contributed by atoms with Crippen molar-refractivity contribution >= 4 is 33.7 Å². The standard InChI is InChI=1S/C23H19N3O3S/c1-28-18-11-15(12-19(13-18)29-2)14-24-26-22(27)16-7-9-17(10-8-16)23-25-20-5-3-4-6-21(20)30-23/h3-14H,1-2H3,(H,26,27)/b24-14+. The molecule has 4 aromatic rings. The molecule has 0 saturated carbocycles. The topological polar surface area (TPSA) is 72.8 Å². The Morgan fingerprint density at radius 2 is 1.70 bits per heavy atom. The van der Waals surface area contributed by atoms with E-state index in [-0.39, 0.29) is 5.91 Å². The first-order valence-corrected chi connectivity index (χ1v) is 10.0. The molecule has 0 aliphatic rings. The van der Waals surface area contributed by atoms with Crippen molar-refractivity contribution in [1.82, 2.24) is 10.4 Å². The van der Waals surface area contributed by atoms with Gasteiger partial charge in [0, 0.05) is 22.8 Å². The van der Waals surface area contributed by atoms with Crippen molar-refractivity contribution in [2.45, 2.75) is 0 Å². The normalized spacial score (nSPS) is 11.0. The molecule has 150 valence electrons. The minimum Gasteiger partial charge on any atom is -0.497 e. The number of benzene rings is 3. The molecular weight excluding hydrogens is 398 g/mol. The van der Waals surface area contributed by atoms with Crippen LogP contribution in [0, 0.1) is 0 Å². The van der Waals surface area contributed by atoms with Crippen molar-refractivity contribution < 1.29 is 14.3 Å². The second-order valence-electron chi connectivity index (χ2n) is 6.41. The maximum atomic E-state index is 12.4. The van der Waals surface area contributed by atoms with Crippen LogP contribution in [-0.4, -0.2) is 31.3 Å². The van der Waals surface area contributed by atoms with Gasteiger partial charge in [0.1, 0.15) is 16.5 Å². The summed E-state index contributed by atoms with van der Waals surface area (Å²) in [6, 6.07) is 20.7. The van der Waals surface area contributed by atoms with Gasteiger partial charge in [-0.05, 0) is 36.4 Å². The van der Waals surface area contributed by atoms with Gasteiger partial charge in [0.2, 0.25) is 0 Å². The minimum atomic E-state index is -0.294. The van der Waals surface area contributed by atoms with E-state index in [0.29, 0.717) is 17.1 Å². The number of hydrogen-bond acceptors (Lipinski definition) is 6. The highest BCUT2D eigenvalue weighted by Crippen LogP contribution is 2.30. The number of nitrogens with zero attached hydrogens (tertiary/aromatic N) is 2. The number of hydrogen-bond donors (Lipinski definition) is 1. The fourth-order valence-electron chi connectivity index (χ4n) is 2.89. The first-order valence-electron chi connectivity index (χ1n) is 9.19. The largest absolute Gasteiger partial charge is 0.497 e. The van der Waals surface area contributed by atoms with E-state index in [0.717, 1.165) is 26.4 Å². The zero-order valence-electron chi connectivity index (χ0n) is 16.5. The number of para-hydroxylation sites is 1. The van der Waals surface area contributed by atoms with E-state index in [2.05, 4.69) is 15.5 Å². The number of fused-ring (bicyclic) bond motifs is 1. The van der Waals surface area contributed by atoms with Crippen molar-refractivity contribution in [3.8, 4) is 22.1 Å². The summed E-state index contributed by atoms with van der Waals surface area (Å²) in [5.41, 5.74) is 5.75. The van der Waals surface area contributed by atoms with E-state index >= 15 is 0 Å². The second kappa shape index (κ2) is 8.75. The molecular formula is C23H19N3O3S. The number of ether oxygens (including phenoxy) is 2. The van der Waals surface area contributed by atoms with Crippen LogP contribution < -0.4 is 14.9 Å². The van der Waals surface area contributed by atoms with Crippen LogP contribution in [0.3, 0.4) is 0 Å². The van der Waals surface area contributed by atoms with Crippen LogP contribution in [0.25, 0.3) is 20.8 Å². The van der Waals surface area contributed by atoms with Crippen LogP contribution in [0.15, 0.2) is 71.8 Å². The molecule has 0 unspecified atom stereocenters. The van der Waals surface area contributed by atoms with Gasteiger partial charge in [0.15, 0.2) is 0 Å². The summed E-state index contributed by atoms with van der Waals surface area (Å²) >= 11 is 1.63. The Labute approximate surface area is 177 Å². The zero-order valence-corrected chi connectivity index (χ0v) is 17.3. The van der Waals surface area contributed by atoms with Crippen molar-refractivity contribution in [3.63, 3.8) is 0 Å². The van der Waals surface area contributed by atoms with Crippen LogP contribution in [0.4, 0.5) is 0 Å². The monoisotopic (exact) mass is 417 g/mol. The summed E-state index contributed by atoms with van der Waals surface area (Å²) in [5.74, 6) is 0.997. The van der Waals surface area contributed by atoms with E-state index in [1.165, 1.54) is 0 Å². The summed E-state index contributed by atoms with van der Waals surface area (Å²) < 4.78 is 11.6. The smallest absolute Gasteiger partial charge is 0.271 e. The molecule has 0 aliphatic carbocycles. The lowest BCUT2D eigenvalue weighted by atomic mass is 10.1. The Hall–Kier alpha value is -3.71. The predicted molar refractivity (Wildman–Crippen MR) is 120 cm³/mol. The maximum absolute atomic E-state index is 12.4. The van der Waals surface area contributed by atoms with Crippen molar-refractivity contribution in [2.75, 3.05) is 14.2 Å². The number of rotatable bonds is 6. The molecule has 1 N–H and O–H groups in total. The minimum absolute atomic E-state index is 0.294. The van der Waals surface area contributed by atoms with Gasteiger partial charge in [-0.2, -0.15) is 5.10 Å². The van der Waals surface area contributed by atoms with Crippen LogP contribution >= 0.6 is 11.3 Å². The van der Waals surface area contributed by atoms with Gasteiger partial charge in [-0.3, -0.25) is 4.79 Å². The third-order valence-electron chi connectivity index (χ3n) is 4.44. The number of aromatic nitrogens is 1. The first kappa shape index (κ1) is 19.6. The fraction of sp³-hybridized carbons (Fsp3) is 0.0870. The summed E-state index contributed by atoms with van der Waals surface area (Å²) in [6.07, 6.45) is 1.54. The van der Waals surface area contributed by atoms with Gasteiger partial charge in [-0.25, -0.2) is 10.4 Å². The SMILES string of the molecule is COc1cc(/C=N/NC(=O)c2ccc(-c3nc4ccccc4s3)cc2)cc(OC)c1. The van der Waals surface area contributed by atoms with Crippen LogP contribution in [0.5, 0.6) is 11.5 Å². The van der Waals surface area contributed by atoms with E-state index in [4.69, 9.17) is 9.47 Å². The van der Waals surface area contributed by atoms with E-state index in [1.54, 1.807) is 62.1 Å². The van der Waals surface area contributed by atoms with E-state index in [1.807, 2.05) is 36.4 Å². The highest BCUT2D eigenvalue weighted by molar-refractivity contribution is 7.21. The lowest BCUT2D eigenvalue weighted by Gasteiger charge is -2.05. The third kappa shape index (κ3) is 4.31. The molecule has 0 radical (unpaired) electrons. The molecule has 30 heavy (non-hydrogen) atoms. The summed E-state index contributed by atoms with van der Waals surface area (Å²) in [5, 5.41) is 4.96. The summed E-state index contributed by atoms with van der Waals surface area (Å²) in [4.78, 5) is 17.0. The number of carbonyl (C=O) groups excluding carboxylic acids is 1. The van der Waals surface area contributed by atoms with Gasteiger partial charge >= 0.3 is 0 Å². The zero-order chi connectivity index (χ0) is 20.9. The molecule has 6 nitrogen and oxygen atoms in total. The number of methoxy groups -OCH3 is 2. The molecule has 7 heteroatoms. The first-order chi connectivity index (χ1) is 14.7. The lowest BCUT2D eigenvalue weighted by molar-refractivity contribution is 0.0955. The molecule has 0 aliphatic heterocycles. The predicted octanol–water partition coefficient (Wildman–Crippen LogP) is 4.74. The van der Waals surface area contributed by atoms with Gasteiger partial charge in [0.25, 0.3) is 5.91 Å². The van der Waals surface area contributed by atoms with Crippen molar-refractivity contribution in [3.05, 3.63) is 77.9 Å².